The quantitative estimate of drug-likeness (QED) is 0.912. The zero-order valence-corrected chi connectivity index (χ0v) is 11.4. The summed E-state index contributed by atoms with van der Waals surface area (Å²) in [5, 5.41) is 2.62. The van der Waals surface area contributed by atoms with Gasteiger partial charge in [0.05, 0.1) is 0 Å². The van der Waals surface area contributed by atoms with Gasteiger partial charge in [-0.2, -0.15) is 18.2 Å². The molecular formula is C13H14F3N5. The molecule has 1 heterocycles. The van der Waals surface area contributed by atoms with E-state index in [9.17, 15) is 13.2 Å². The maximum atomic E-state index is 12.9. The van der Waals surface area contributed by atoms with Gasteiger partial charge in [0.1, 0.15) is 11.4 Å². The van der Waals surface area contributed by atoms with Crippen LogP contribution in [0.25, 0.3) is 0 Å². The van der Waals surface area contributed by atoms with Crippen molar-refractivity contribution in [1.82, 2.24) is 9.97 Å². The summed E-state index contributed by atoms with van der Waals surface area (Å²) >= 11 is 0. The highest BCUT2D eigenvalue weighted by Crippen LogP contribution is 2.34. The topological polar surface area (TPSA) is 67.1 Å². The molecule has 0 atom stereocenters. The lowest BCUT2D eigenvalue weighted by Crippen LogP contribution is -2.12. The van der Waals surface area contributed by atoms with Crippen LogP contribution >= 0.6 is 0 Å². The Labute approximate surface area is 119 Å². The highest BCUT2D eigenvalue weighted by molar-refractivity contribution is 5.63. The molecule has 0 saturated heterocycles. The molecule has 0 bridgehead atoms. The van der Waals surface area contributed by atoms with Crippen molar-refractivity contribution in [2.75, 3.05) is 30.0 Å². The summed E-state index contributed by atoms with van der Waals surface area (Å²) in [6.07, 6.45) is -3.89. The van der Waals surface area contributed by atoms with Crippen LogP contribution in [0.3, 0.4) is 0 Å². The molecule has 0 aliphatic heterocycles. The first kappa shape index (κ1) is 14.9. The van der Waals surface area contributed by atoms with Gasteiger partial charge in [0.2, 0.25) is 5.95 Å². The van der Waals surface area contributed by atoms with E-state index in [0.717, 1.165) is 5.69 Å². The molecule has 3 N–H and O–H groups in total. The van der Waals surface area contributed by atoms with Crippen molar-refractivity contribution in [3.05, 3.63) is 36.0 Å². The molecule has 0 saturated carbocycles. The smallest absolute Gasteiger partial charge is 0.378 e. The van der Waals surface area contributed by atoms with Gasteiger partial charge in [-0.15, -0.1) is 0 Å². The normalized spacial score (nSPS) is 11.3. The number of nitrogens with two attached hydrogens (primary N) is 1. The Morgan fingerprint density at radius 2 is 1.76 bits per heavy atom. The van der Waals surface area contributed by atoms with Gasteiger partial charge in [-0.3, -0.25) is 0 Å². The Balaban J connectivity index is 2.32. The van der Waals surface area contributed by atoms with Crippen LogP contribution < -0.4 is 16.0 Å². The minimum Gasteiger partial charge on any atom is -0.378 e. The average molecular weight is 297 g/mol. The zero-order valence-electron chi connectivity index (χ0n) is 11.4. The summed E-state index contributed by atoms with van der Waals surface area (Å²) in [4.78, 5) is 8.89. The van der Waals surface area contributed by atoms with E-state index in [1.54, 1.807) is 24.3 Å². The predicted molar refractivity (Wildman–Crippen MR) is 75.5 cm³/mol. The van der Waals surface area contributed by atoms with Gasteiger partial charge in [0.15, 0.2) is 0 Å². The number of alkyl halides is 3. The Kier molecular flexibility index (Phi) is 3.88. The summed E-state index contributed by atoms with van der Waals surface area (Å²) in [6.45, 7) is 0. The number of nitrogens with zero attached hydrogens (tertiary/aromatic N) is 3. The van der Waals surface area contributed by atoms with E-state index in [4.69, 9.17) is 5.73 Å². The first-order valence-corrected chi connectivity index (χ1v) is 6.01. The van der Waals surface area contributed by atoms with Crippen molar-refractivity contribution in [3.63, 3.8) is 0 Å². The number of hydrogen-bond acceptors (Lipinski definition) is 5. The molecule has 0 amide bonds. The second kappa shape index (κ2) is 5.47. The molecule has 1 aromatic carbocycles. The minimum atomic E-state index is -4.56. The van der Waals surface area contributed by atoms with Gasteiger partial charge < -0.3 is 16.0 Å². The van der Waals surface area contributed by atoms with Crippen molar-refractivity contribution in [1.29, 1.82) is 0 Å². The lowest BCUT2D eigenvalue weighted by molar-refractivity contribution is -0.137. The fourth-order valence-electron chi connectivity index (χ4n) is 1.68. The van der Waals surface area contributed by atoms with Gasteiger partial charge in [-0.1, -0.05) is 0 Å². The van der Waals surface area contributed by atoms with Crippen LogP contribution in [0.4, 0.5) is 36.3 Å². The molecule has 8 heteroatoms. The fourth-order valence-corrected chi connectivity index (χ4v) is 1.68. The lowest BCUT2D eigenvalue weighted by Gasteiger charge is -2.15. The van der Waals surface area contributed by atoms with Crippen LogP contribution in [0.5, 0.6) is 0 Å². The van der Waals surface area contributed by atoms with Gasteiger partial charge in [0.25, 0.3) is 0 Å². The number of nitrogens with one attached hydrogen (secondary N) is 1. The molecule has 5 nitrogen and oxygen atoms in total. The minimum absolute atomic E-state index is 0.226. The Morgan fingerprint density at radius 3 is 2.29 bits per heavy atom. The molecule has 0 fully saturated rings. The van der Waals surface area contributed by atoms with Crippen molar-refractivity contribution in [2.24, 2.45) is 0 Å². The summed E-state index contributed by atoms with van der Waals surface area (Å²) in [7, 11) is 3.74. The summed E-state index contributed by atoms with van der Waals surface area (Å²) in [5.74, 6) is -0.594. The standard InChI is InChI=1S/C13H14F3N5/c1-21(2)9-5-3-8(4-6-9)19-11-10(13(14,15)16)7-18-12(17)20-11/h3-7H,1-2H3,(H3,17,18,19,20). The predicted octanol–water partition coefficient (Wildman–Crippen LogP) is 2.89. The Morgan fingerprint density at radius 1 is 1.14 bits per heavy atom. The maximum absolute atomic E-state index is 12.9. The molecule has 2 aromatic rings. The van der Waals surface area contributed by atoms with Gasteiger partial charge >= 0.3 is 6.18 Å². The zero-order chi connectivity index (χ0) is 15.6. The molecule has 0 aliphatic carbocycles. The highest BCUT2D eigenvalue weighted by Gasteiger charge is 2.35. The van der Waals surface area contributed by atoms with Crippen molar-refractivity contribution < 1.29 is 13.2 Å². The number of anilines is 4. The molecule has 0 spiro atoms. The van der Waals surface area contributed by atoms with Crippen LogP contribution in [-0.4, -0.2) is 24.1 Å². The molecule has 1 aromatic heterocycles. The monoisotopic (exact) mass is 297 g/mol. The first-order valence-electron chi connectivity index (χ1n) is 6.01. The van der Waals surface area contributed by atoms with Crippen LogP contribution in [0.15, 0.2) is 30.5 Å². The SMILES string of the molecule is CN(C)c1ccc(Nc2nc(N)ncc2C(F)(F)F)cc1. The second-order valence-corrected chi connectivity index (χ2v) is 4.55. The van der Waals surface area contributed by atoms with E-state index < -0.39 is 11.7 Å². The van der Waals surface area contributed by atoms with Crippen LogP contribution in [0, 0.1) is 0 Å². The molecular weight excluding hydrogens is 283 g/mol. The maximum Gasteiger partial charge on any atom is 0.421 e. The van der Waals surface area contributed by atoms with E-state index in [1.165, 1.54) is 0 Å². The van der Waals surface area contributed by atoms with E-state index in [2.05, 4.69) is 15.3 Å². The lowest BCUT2D eigenvalue weighted by atomic mass is 10.2. The number of aromatic nitrogens is 2. The number of hydrogen-bond donors (Lipinski definition) is 2. The number of benzene rings is 1. The van der Waals surface area contributed by atoms with Crippen molar-refractivity contribution >= 4 is 23.1 Å². The van der Waals surface area contributed by atoms with E-state index >= 15 is 0 Å². The van der Waals surface area contributed by atoms with Crippen LogP contribution in [-0.2, 0) is 6.18 Å². The molecule has 0 radical (unpaired) electrons. The van der Waals surface area contributed by atoms with Gasteiger partial charge in [0, 0.05) is 31.7 Å². The summed E-state index contributed by atoms with van der Waals surface area (Å²) < 4.78 is 38.7. The third kappa shape index (κ3) is 3.53. The number of halogens is 3. The van der Waals surface area contributed by atoms with E-state index in [-0.39, 0.29) is 11.8 Å². The van der Waals surface area contributed by atoms with Crippen LogP contribution in [0.1, 0.15) is 5.56 Å². The first-order chi connectivity index (χ1) is 9.77. The molecule has 0 aliphatic rings. The van der Waals surface area contributed by atoms with E-state index in [1.807, 2.05) is 19.0 Å². The molecule has 0 unspecified atom stereocenters. The Bertz CT molecular complexity index is 623. The van der Waals surface area contributed by atoms with Gasteiger partial charge in [-0.05, 0) is 24.3 Å². The fraction of sp³-hybridized carbons (Fsp3) is 0.231. The molecule has 21 heavy (non-hydrogen) atoms. The van der Waals surface area contributed by atoms with Crippen molar-refractivity contribution in [3.8, 4) is 0 Å². The molecule has 112 valence electrons. The highest BCUT2D eigenvalue weighted by atomic mass is 19.4. The summed E-state index contributed by atoms with van der Waals surface area (Å²) in [6, 6.07) is 6.88. The number of rotatable bonds is 3. The molecule has 2 rings (SSSR count). The third-order valence-electron chi connectivity index (χ3n) is 2.76. The average Bonchev–Trinajstić information content (AvgIpc) is 2.38. The van der Waals surface area contributed by atoms with Crippen molar-refractivity contribution in [2.45, 2.75) is 6.18 Å². The second-order valence-electron chi connectivity index (χ2n) is 4.55. The number of nitrogen functional groups attached to an aromatic ring is 1. The van der Waals surface area contributed by atoms with Crippen LogP contribution in [0.2, 0.25) is 0 Å². The Hall–Kier alpha value is -2.51. The third-order valence-corrected chi connectivity index (χ3v) is 2.76. The van der Waals surface area contributed by atoms with Gasteiger partial charge in [-0.25, -0.2) is 4.98 Å². The largest absolute Gasteiger partial charge is 0.421 e. The summed E-state index contributed by atoms with van der Waals surface area (Å²) in [5.41, 5.74) is 5.79. The van der Waals surface area contributed by atoms with E-state index in [0.29, 0.717) is 11.9 Å².